The van der Waals surface area contributed by atoms with E-state index in [2.05, 4.69) is 15.9 Å². The first-order valence-electron chi connectivity index (χ1n) is 5.22. The van der Waals surface area contributed by atoms with Gasteiger partial charge in [0.1, 0.15) is 17.5 Å². The molecule has 2 aromatic carbocycles. The molecule has 0 atom stereocenters. The number of halogens is 4. The van der Waals surface area contributed by atoms with Gasteiger partial charge >= 0.3 is 0 Å². The Morgan fingerprint density at radius 3 is 2.25 bits per heavy atom. The second kappa shape index (κ2) is 5.45. The molecular weight excluding hydrogens is 359 g/mol. The predicted molar refractivity (Wildman–Crippen MR) is 71.3 cm³/mol. The van der Waals surface area contributed by atoms with Crippen LogP contribution in [0.1, 0.15) is 0 Å². The van der Waals surface area contributed by atoms with Crippen LogP contribution in [0.5, 0.6) is 0 Å². The van der Waals surface area contributed by atoms with Gasteiger partial charge in [-0.1, -0.05) is 0 Å². The predicted octanol–water partition coefficient (Wildman–Crippen LogP) is 3.67. The molecule has 0 spiro atoms. The van der Waals surface area contributed by atoms with Gasteiger partial charge in [0.05, 0.1) is 15.1 Å². The van der Waals surface area contributed by atoms with Crippen molar-refractivity contribution in [2.75, 3.05) is 4.72 Å². The van der Waals surface area contributed by atoms with Crippen LogP contribution in [0.3, 0.4) is 0 Å². The summed E-state index contributed by atoms with van der Waals surface area (Å²) in [6.07, 6.45) is 0. The molecule has 0 heterocycles. The lowest BCUT2D eigenvalue weighted by atomic mass is 10.3. The molecule has 0 amide bonds. The summed E-state index contributed by atoms with van der Waals surface area (Å²) in [6.45, 7) is 0. The number of anilines is 1. The summed E-state index contributed by atoms with van der Waals surface area (Å²) >= 11 is 2.89. The first kappa shape index (κ1) is 14.9. The average molecular weight is 366 g/mol. The van der Waals surface area contributed by atoms with E-state index >= 15 is 0 Å². The minimum atomic E-state index is -4.16. The van der Waals surface area contributed by atoms with Crippen LogP contribution in [-0.2, 0) is 10.0 Å². The van der Waals surface area contributed by atoms with Crippen molar-refractivity contribution in [3.05, 3.63) is 58.3 Å². The molecule has 0 radical (unpaired) electrons. The summed E-state index contributed by atoms with van der Waals surface area (Å²) in [5.41, 5.74) is -0.422. The Hall–Kier alpha value is -1.54. The maximum atomic E-state index is 13.4. The van der Waals surface area contributed by atoms with Crippen LogP contribution in [0, 0.1) is 17.5 Å². The van der Waals surface area contributed by atoms with Gasteiger partial charge in [0, 0.05) is 6.07 Å². The van der Waals surface area contributed by atoms with E-state index in [-0.39, 0.29) is 9.37 Å². The second-order valence-corrected chi connectivity index (χ2v) is 6.34. The number of sulfonamides is 1. The molecule has 1 N–H and O–H groups in total. The van der Waals surface area contributed by atoms with Gasteiger partial charge in [0.15, 0.2) is 0 Å². The van der Waals surface area contributed by atoms with Crippen molar-refractivity contribution in [1.29, 1.82) is 0 Å². The molecule has 20 heavy (non-hydrogen) atoms. The lowest BCUT2D eigenvalue weighted by Crippen LogP contribution is -2.14. The van der Waals surface area contributed by atoms with Gasteiger partial charge < -0.3 is 0 Å². The highest BCUT2D eigenvalue weighted by Gasteiger charge is 2.18. The number of benzene rings is 2. The summed E-state index contributed by atoms with van der Waals surface area (Å²) in [5.74, 6) is -2.67. The van der Waals surface area contributed by atoms with Crippen LogP contribution < -0.4 is 4.72 Å². The largest absolute Gasteiger partial charge is 0.277 e. The van der Waals surface area contributed by atoms with Crippen LogP contribution >= 0.6 is 15.9 Å². The first-order chi connectivity index (χ1) is 9.29. The van der Waals surface area contributed by atoms with Gasteiger partial charge in [0.25, 0.3) is 10.0 Å². The SMILES string of the molecule is O=S(=O)(Nc1ccc(F)cc1F)c1ccc(Br)c(F)c1. The fraction of sp³-hybridized carbons (Fsp3) is 0. The molecule has 0 aromatic heterocycles. The van der Waals surface area contributed by atoms with E-state index in [0.717, 1.165) is 24.3 Å². The highest BCUT2D eigenvalue weighted by molar-refractivity contribution is 9.10. The van der Waals surface area contributed by atoms with Crippen LogP contribution in [0.2, 0.25) is 0 Å². The first-order valence-corrected chi connectivity index (χ1v) is 7.50. The Kier molecular flexibility index (Phi) is 4.05. The third-order valence-corrected chi connectivity index (χ3v) is 4.38. The molecule has 8 heteroatoms. The topological polar surface area (TPSA) is 46.2 Å². The maximum Gasteiger partial charge on any atom is 0.262 e. The fourth-order valence-electron chi connectivity index (χ4n) is 1.42. The van der Waals surface area contributed by atoms with Crippen LogP contribution in [0.15, 0.2) is 45.8 Å². The second-order valence-electron chi connectivity index (χ2n) is 3.81. The fourth-order valence-corrected chi connectivity index (χ4v) is 2.75. The summed E-state index contributed by atoms with van der Waals surface area (Å²) in [5, 5.41) is 0. The van der Waals surface area contributed by atoms with Gasteiger partial charge in [-0.05, 0) is 46.3 Å². The van der Waals surface area contributed by atoms with E-state index in [9.17, 15) is 21.6 Å². The Morgan fingerprint density at radius 1 is 0.950 bits per heavy atom. The molecule has 0 saturated heterocycles. The quantitative estimate of drug-likeness (QED) is 0.901. The lowest BCUT2D eigenvalue weighted by Gasteiger charge is -2.09. The van der Waals surface area contributed by atoms with Crippen LogP contribution in [-0.4, -0.2) is 8.42 Å². The van der Waals surface area contributed by atoms with E-state index in [1.165, 1.54) is 6.07 Å². The third-order valence-electron chi connectivity index (χ3n) is 2.38. The van der Waals surface area contributed by atoms with E-state index in [1.807, 2.05) is 4.72 Å². The number of rotatable bonds is 3. The van der Waals surface area contributed by atoms with Crippen molar-refractivity contribution in [2.45, 2.75) is 4.90 Å². The molecule has 0 fully saturated rings. The zero-order valence-electron chi connectivity index (χ0n) is 9.70. The van der Waals surface area contributed by atoms with Gasteiger partial charge in [-0.3, -0.25) is 4.72 Å². The minimum Gasteiger partial charge on any atom is -0.277 e. The normalized spacial score (nSPS) is 11.4. The van der Waals surface area contributed by atoms with Gasteiger partial charge in [-0.2, -0.15) is 0 Å². The van der Waals surface area contributed by atoms with Crippen molar-refractivity contribution >= 4 is 31.6 Å². The van der Waals surface area contributed by atoms with Gasteiger partial charge in [-0.15, -0.1) is 0 Å². The highest BCUT2D eigenvalue weighted by Crippen LogP contribution is 2.23. The Labute approximate surface area is 121 Å². The van der Waals surface area contributed by atoms with Gasteiger partial charge in [-0.25, -0.2) is 21.6 Å². The molecule has 0 bridgehead atoms. The molecule has 2 aromatic rings. The molecule has 0 unspecified atom stereocenters. The molecular formula is C12H7BrF3NO2S. The van der Waals surface area contributed by atoms with Crippen LogP contribution in [0.4, 0.5) is 18.9 Å². The summed E-state index contributed by atoms with van der Waals surface area (Å²) in [6, 6.07) is 5.54. The standard InChI is InChI=1S/C12H7BrF3NO2S/c13-9-3-2-8(6-10(9)15)20(18,19)17-12-4-1-7(14)5-11(12)16/h1-6,17H. The van der Waals surface area contributed by atoms with Crippen molar-refractivity contribution in [3.8, 4) is 0 Å². The molecule has 0 aliphatic heterocycles. The highest BCUT2D eigenvalue weighted by atomic mass is 79.9. The molecule has 0 aliphatic rings. The maximum absolute atomic E-state index is 13.4. The number of hydrogen-bond donors (Lipinski definition) is 1. The van der Waals surface area contributed by atoms with E-state index in [4.69, 9.17) is 0 Å². The zero-order chi connectivity index (χ0) is 14.9. The molecule has 3 nitrogen and oxygen atoms in total. The molecule has 0 aliphatic carbocycles. The van der Waals surface area contributed by atoms with E-state index < -0.39 is 33.2 Å². The Balaban J connectivity index is 2.38. The number of hydrogen-bond acceptors (Lipinski definition) is 2. The summed E-state index contributed by atoms with van der Waals surface area (Å²) in [7, 11) is -4.16. The average Bonchev–Trinajstić information content (AvgIpc) is 2.36. The van der Waals surface area contributed by atoms with Gasteiger partial charge in [0.2, 0.25) is 0 Å². The summed E-state index contributed by atoms with van der Waals surface area (Å²) < 4.78 is 65.4. The van der Waals surface area contributed by atoms with E-state index in [1.54, 1.807) is 0 Å². The smallest absolute Gasteiger partial charge is 0.262 e. The van der Waals surface area contributed by atoms with Crippen molar-refractivity contribution < 1.29 is 21.6 Å². The molecule has 2 rings (SSSR count). The Bertz CT molecular complexity index is 765. The van der Waals surface area contributed by atoms with Crippen molar-refractivity contribution in [3.63, 3.8) is 0 Å². The van der Waals surface area contributed by atoms with Crippen LogP contribution in [0.25, 0.3) is 0 Å². The molecule has 0 saturated carbocycles. The Morgan fingerprint density at radius 2 is 1.65 bits per heavy atom. The molecule has 106 valence electrons. The van der Waals surface area contributed by atoms with Crippen molar-refractivity contribution in [1.82, 2.24) is 0 Å². The lowest BCUT2D eigenvalue weighted by molar-refractivity contribution is 0.582. The van der Waals surface area contributed by atoms with Crippen molar-refractivity contribution in [2.24, 2.45) is 0 Å². The van der Waals surface area contributed by atoms with E-state index in [0.29, 0.717) is 6.07 Å². The minimum absolute atomic E-state index is 0.101. The monoisotopic (exact) mass is 365 g/mol. The number of nitrogens with one attached hydrogen (secondary N) is 1. The third kappa shape index (κ3) is 3.13. The summed E-state index contributed by atoms with van der Waals surface area (Å²) in [4.78, 5) is -0.373. The zero-order valence-corrected chi connectivity index (χ0v) is 12.1.